The van der Waals surface area contributed by atoms with Gasteiger partial charge in [0.2, 0.25) is 0 Å². The molecule has 0 amide bonds. The molecule has 11 aromatic carbocycles. The van der Waals surface area contributed by atoms with Crippen LogP contribution < -0.4 is 46.6 Å². The van der Waals surface area contributed by atoms with Gasteiger partial charge in [0.05, 0.1) is 22.1 Å². The molecule has 0 bridgehead atoms. The van der Waals surface area contributed by atoms with Crippen LogP contribution in [0, 0.1) is 0 Å². The SMILES string of the molecule is c1ccc([Si](c2ccccc2)(c2ccccc2)c2ccc3c(c2)Oc2cc(-n4c5ccccc5c5ccc6c(c54)-c4ccccc4C64c5ccccc5-c5ccccc54)cc4c2B3c2ccccc2O4)cc1. The molecule has 1 spiro atoms. The molecule has 3 nitrogen and oxygen atoms in total. The van der Waals surface area contributed by atoms with E-state index in [9.17, 15) is 0 Å². The highest BCUT2D eigenvalue weighted by Gasteiger charge is 2.52. The Bertz CT molecular complexity index is 4100. The molecule has 0 atom stereocenters. The van der Waals surface area contributed by atoms with Crippen LogP contribution in [0.5, 0.6) is 23.0 Å². The third-order valence-corrected chi connectivity index (χ3v) is 21.3. The molecule has 72 heavy (non-hydrogen) atoms. The third-order valence-electron chi connectivity index (χ3n) is 16.5. The summed E-state index contributed by atoms with van der Waals surface area (Å²) in [4.78, 5) is 0. The van der Waals surface area contributed by atoms with Crippen LogP contribution in [0.1, 0.15) is 22.3 Å². The Morgan fingerprint density at radius 3 is 1.53 bits per heavy atom. The quantitative estimate of drug-likeness (QED) is 0.127. The molecule has 12 aromatic rings. The minimum absolute atomic E-state index is 0.0929. The smallest absolute Gasteiger partial charge is 0.260 e. The Kier molecular flexibility index (Phi) is 8.21. The topological polar surface area (TPSA) is 23.4 Å². The van der Waals surface area contributed by atoms with E-state index in [1.54, 1.807) is 0 Å². The number of rotatable bonds is 5. The van der Waals surface area contributed by atoms with Gasteiger partial charge in [-0.1, -0.05) is 224 Å². The first-order valence-electron chi connectivity index (χ1n) is 25.0. The third kappa shape index (κ3) is 5.10. The molecular weight excluding hydrogens is 890 g/mol. The van der Waals surface area contributed by atoms with Crippen molar-refractivity contribution in [1.29, 1.82) is 0 Å². The number of ether oxygens (including phenoxy) is 2. The van der Waals surface area contributed by atoms with Crippen molar-refractivity contribution in [2.24, 2.45) is 0 Å². The monoisotopic (exact) mass is 931 g/mol. The van der Waals surface area contributed by atoms with E-state index >= 15 is 0 Å². The van der Waals surface area contributed by atoms with Crippen LogP contribution in [0.3, 0.4) is 0 Å². The molecular formula is C67H42BNO2Si. The van der Waals surface area contributed by atoms with E-state index in [4.69, 9.17) is 9.47 Å². The van der Waals surface area contributed by atoms with E-state index in [2.05, 4.69) is 259 Å². The van der Waals surface area contributed by atoms with Crippen molar-refractivity contribution in [3.8, 4) is 50.9 Å². The summed E-state index contributed by atoms with van der Waals surface area (Å²) in [5.74, 6) is 3.37. The molecule has 334 valence electrons. The van der Waals surface area contributed by atoms with Crippen LogP contribution in [0.25, 0.3) is 49.7 Å². The van der Waals surface area contributed by atoms with E-state index < -0.39 is 13.5 Å². The maximum absolute atomic E-state index is 7.48. The van der Waals surface area contributed by atoms with Gasteiger partial charge in [-0.25, -0.2) is 0 Å². The summed E-state index contributed by atoms with van der Waals surface area (Å²) in [6.45, 7) is -0.0929. The highest BCUT2D eigenvalue weighted by molar-refractivity contribution is 7.20. The lowest BCUT2D eigenvalue weighted by Gasteiger charge is -2.37. The van der Waals surface area contributed by atoms with Crippen molar-refractivity contribution in [3.05, 3.63) is 277 Å². The second kappa shape index (κ2) is 14.8. The molecule has 2 aliphatic heterocycles. The fraction of sp³-hybridized carbons (Fsp3) is 0.0149. The fourth-order valence-electron chi connectivity index (χ4n) is 13.8. The second-order valence-corrected chi connectivity index (χ2v) is 23.6. The predicted molar refractivity (Wildman–Crippen MR) is 298 cm³/mol. The minimum atomic E-state index is -2.87. The average molecular weight is 932 g/mol. The molecule has 0 saturated heterocycles. The molecule has 0 fully saturated rings. The summed E-state index contributed by atoms with van der Waals surface area (Å²) >= 11 is 0. The largest absolute Gasteiger partial charge is 0.458 e. The van der Waals surface area contributed by atoms with Gasteiger partial charge in [0.15, 0.2) is 8.07 Å². The first-order valence-corrected chi connectivity index (χ1v) is 27.0. The highest BCUT2D eigenvalue weighted by atomic mass is 28.3. The van der Waals surface area contributed by atoms with Gasteiger partial charge < -0.3 is 14.0 Å². The Hall–Kier alpha value is -8.90. The van der Waals surface area contributed by atoms with Crippen molar-refractivity contribution >= 4 is 73.7 Å². The summed E-state index contributed by atoms with van der Waals surface area (Å²) in [6, 6.07) is 94.6. The molecule has 5 heteroatoms. The van der Waals surface area contributed by atoms with Crippen molar-refractivity contribution in [2.75, 3.05) is 0 Å². The van der Waals surface area contributed by atoms with Crippen molar-refractivity contribution in [1.82, 2.24) is 4.57 Å². The normalized spacial score (nSPS) is 13.9. The molecule has 1 aromatic heterocycles. The zero-order valence-corrected chi connectivity index (χ0v) is 40.1. The van der Waals surface area contributed by atoms with Gasteiger partial charge in [-0.3, -0.25) is 0 Å². The molecule has 16 rings (SSSR count). The average Bonchev–Trinajstić information content (AvgIpc) is 4.07. The maximum atomic E-state index is 7.48. The zero-order chi connectivity index (χ0) is 47.1. The summed E-state index contributed by atoms with van der Waals surface area (Å²) in [5, 5.41) is 7.66. The Labute approximate surface area is 419 Å². The van der Waals surface area contributed by atoms with Crippen molar-refractivity contribution in [2.45, 2.75) is 5.41 Å². The minimum Gasteiger partial charge on any atom is -0.458 e. The number of nitrogens with zero attached hydrogens (tertiary/aromatic N) is 1. The first kappa shape index (κ1) is 39.9. The fourth-order valence-corrected chi connectivity index (χ4v) is 18.5. The lowest BCUT2D eigenvalue weighted by atomic mass is 9.35. The number of benzene rings is 11. The molecule has 3 heterocycles. The molecule has 0 radical (unpaired) electrons. The van der Waals surface area contributed by atoms with Crippen molar-refractivity contribution < 1.29 is 9.47 Å². The number of para-hydroxylation sites is 2. The van der Waals surface area contributed by atoms with Gasteiger partial charge in [-0.15, -0.1) is 0 Å². The summed E-state index contributed by atoms with van der Waals surface area (Å²) in [7, 11) is -2.87. The van der Waals surface area contributed by atoms with E-state index in [-0.39, 0.29) is 6.71 Å². The molecule has 4 aliphatic rings. The number of fused-ring (bicyclic) bond motifs is 18. The number of hydrogen-bond donors (Lipinski definition) is 0. The van der Waals surface area contributed by atoms with E-state index in [0.29, 0.717) is 0 Å². The number of hydrogen-bond acceptors (Lipinski definition) is 2. The van der Waals surface area contributed by atoms with Crippen LogP contribution >= 0.6 is 0 Å². The standard InChI is InChI=1S/C67H42BNO2Si/c1-4-20-44(21-5-1)72(45-22-6-2-7-23-45,46-24-8-3-9-25-46)47-36-39-58-61(42-47)71-63-41-43(40-62-65(63)68(58)57-33-17-19-35-60(57)70-62)69-59-34-18-13-28-50(59)51-37-38-56-64(66(51)69)52-29-12-16-32-55(52)67(56)53-30-14-10-26-48(53)49-27-11-15-31-54(49)67/h1-42H. The molecule has 2 aliphatic carbocycles. The van der Waals surface area contributed by atoms with Gasteiger partial charge in [-0.2, -0.15) is 0 Å². The van der Waals surface area contributed by atoms with Gasteiger partial charge in [0.1, 0.15) is 23.0 Å². The summed E-state index contributed by atoms with van der Waals surface area (Å²) in [6.07, 6.45) is 0. The van der Waals surface area contributed by atoms with E-state index in [0.717, 1.165) is 50.6 Å². The van der Waals surface area contributed by atoms with Gasteiger partial charge in [0, 0.05) is 33.9 Å². The van der Waals surface area contributed by atoms with Crippen molar-refractivity contribution in [3.63, 3.8) is 0 Å². The number of aromatic nitrogens is 1. The summed E-state index contributed by atoms with van der Waals surface area (Å²) in [5.41, 5.74) is 16.6. The van der Waals surface area contributed by atoms with Crippen LogP contribution in [-0.2, 0) is 5.41 Å². The molecule has 0 N–H and O–H groups in total. The van der Waals surface area contributed by atoms with Crippen LogP contribution in [0.4, 0.5) is 0 Å². The zero-order valence-electron chi connectivity index (χ0n) is 39.1. The Morgan fingerprint density at radius 1 is 0.361 bits per heavy atom. The van der Waals surface area contributed by atoms with Gasteiger partial charge >= 0.3 is 0 Å². The van der Waals surface area contributed by atoms with Gasteiger partial charge in [0.25, 0.3) is 6.71 Å². The Morgan fingerprint density at radius 2 is 0.875 bits per heavy atom. The van der Waals surface area contributed by atoms with Crippen LogP contribution in [0.15, 0.2) is 255 Å². The lowest BCUT2D eigenvalue weighted by molar-refractivity contribution is 0.464. The Balaban J connectivity index is 0.961. The highest BCUT2D eigenvalue weighted by Crippen LogP contribution is 2.64. The predicted octanol–water partition coefficient (Wildman–Crippen LogP) is 11.2. The van der Waals surface area contributed by atoms with E-state index in [1.807, 2.05) is 0 Å². The second-order valence-electron chi connectivity index (χ2n) is 19.8. The lowest BCUT2D eigenvalue weighted by Crippen LogP contribution is -2.75. The van der Waals surface area contributed by atoms with E-state index in [1.165, 1.54) is 81.5 Å². The van der Waals surface area contributed by atoms with Crippen LogP contribution in [0.2, 0.25) is 0 Å². The maximum Gasteiger partial charge on any atom is 0.260 e. The first-order chi connectivity index (χ1) is 35.7. The molecule has 0 saturated carbocycles. The summed E-state index contributed by atoms with van der Waals surface area (Å²) < 4.78 is 17.0. The van der Waals surface area contributed by atoms with Gasteiger partial charge in [-0.05, 0) is 88.8 Å². The van der Waals surface area contributed by atoms with Crippen LogP contribution in [-0.4, -0.2) is 19.4 Å². The molecule has 0 unspecified atom stereocenters.